The molecule has 0 spiro atoms. The normalized spacial score (nSPS) is 12.2. The van der Waals surface area contributed by atoms with Crippen LogP contribution in [0.25, 0.3) is 10.9 Å². The third kappa shape index (κ3) is 6.31. The summed E-state index contributed by atoms with van der Waals surface area (Å²) in [6, 6.07) is 11.7. The van der Waals surface area contributed by atoms with Gasteiger partial charge in [0, 0.05) is 50.4 Å². The fraction of sp³-hybridized carbons (Fsp3) is 0.222. The van der Waals surface area contributed by atoms with Crippen molar-refractivity contribution in [2.75, 3.05) is 32.9 Å². The van der Waals surface area contributed by atoms with Crippen LogP contribution in [0, 0.1) is 0 Å². The summed E-state index contributed by atoms with van der Waals surface area (Å²) in [5.41, 5.74) is 1.56. The van der Waals surface area contributed by atoms with Crippen LogP contribution in [0.3, 0.4) is 0 Å². The Hall–Kier alpha value is -3.70. The molecule has 1 unspecified atom stereocenters. The highest BCUT2D eigenvalue weighted by molar-refractivity contribution is 7.98. The highest BCUT2D eigenvalue weighted by atomic mass is 35.5. The minimum absolute atomic E-state index is 0.127. The number of Topliss-reactive ketones (excluding diaryl/α,β-unsaturated/α-hetero) is 1. The molecule has 1 heterocycles. The summed E-state index contributed by atoms with van der Waals surface area (Å²) >= 11 is 7.66. The molecule has 2 N–H and O–H groups in total. The molecule has 0 amide bonds. The molecule has 0 aliphatic rings. The predicted molar refractivity (Wildman–Crippen MR) is 145 cm³/mol. The van der Waals surface area contributed by atoms with E-state index in [9.17, 15) is 18.0 Å². The summed E-state index contributed by atoms with van der Waals surface area (Å²) in [5.74, 6) is -0.234. The van der Waals surface area contributed by atoms with Crippen molar-refractivity contribution in [3.8, 4) is 23.0 Å². The Morgan fingerprint density at radius 2 is 1.72 bits per heavy atom. The van der Waals surface area contributed by atoms with Gasteiger partial charge in [-0.05, 0) is 36.6 Å². The summed E-state index contributed by atoms with van der Waals surface area (Å²) in [6.07, 6.45) is -1.62. The number of benzene rings is 3. The number of H-pyrrole nitrogens is 1. The number of rotatable bonds is 10. The molecule has 0 fully saturated rings. The molecule has 4 rings (SSSR count). The van der Waals surface area contributed by atoms with Crippen LogP contribution in [0.4, 0.5) is 18.9 Å². The molecule has 1 aromatic heterocycles. The van der Waals surface area contributed by atoms with Gasteiger partial charge in [-0.2, -0.15) is 0 Å². The maximum Gasteiger partial charge on any atom is 0.573 e. The molecular weight excluding hydrogens is 557 g/mol. The standard InChI is InChI=1S/C27H24ClF3N2O5S/c1-35-16-8-15(9-17(10-16)39-4)33-25(18-6-5-14(28)7-22(18)36-2)26(34)20-13-32-21-12-23(37-3)24(11-19(20)21)38-27(29,30)31/h5-13,25,32-33H,1-4H3. The molecule has 1 atom stereocenters. The van der Waals surface area contributed by atoms with Crippen LogP contribution >= 0.6 is 23.4 Å². The SMILES string of the molecule is COc1cc(NC(C(=O)c2c[nH]c3cc(OC)c(OC(F)(F)F)cc23)c2ccc(Cl)cc2OC)cc(SC)c1. The van der Waals surface area contributed by atoms with Gasteiger partial charge in [0.2, 0.25) is 0 Å². The van der Waals surface area contributed by atoms with Crippen molar-refractivity contribution >= 4 is 45.7 Å². The first-order chi connectivity index (χ1) is 18.6. The molecule has 0 saturated carbocycles. The van der Waals surface area contributed by atoms with Gasteiger partial charge in [0.05, 0.1) is 26.8 Å². The fourth-order valence-corrected chi connectivity index (χ4v) is 4.76. The van der Waals surface area contributed by atoms with Crippen LogP contribution in [-0.4, -0.2) is 44.7 Å². The zero-order valence-corrected chi connectivity index (χ0v) is 22.8. The average Bonchev–Trinajstić information content (AvgIpc) is 3.32. The molecule has 3 aromatic carbocycles. The Balaban J connectivity index is 1.86. The first-order valence-electron chi connectivity index (χ1n) is 11.4. The Morgan fingerprint density at radius 3 is 2.36 bits per heavy atom. The van der Waals surface area contributed by atoms with Gasteiger partial charge >= 0.3 is 6.36 Å². The quantitative estimate of drug-likeness (QED) is 0.148. The van der Waals surface area contributed by atoms with Gasteiger partial charge in [-0.15, -0.1) is 24.9 Å². The Bertz CT molecular complexity index is 1490. The lowest BCUT2D eigenvalue weighted by atomic mass is 9.95. The zero-order chi connectivity index (χ0) is 28.3. The molecule has 206 valence electrons. The lowest BCUT2D eigenvalue weighted by molar-refractivity contribution is -0.275. The number of aromatic amines is 1. The molecule has 0 saturated heterocycles. The third-order valence-corrected chi connectivity index (χ3v) is 6.83. The van der Waals surface area contributed by atoms with Crippen molar-refractivity contribution < 1.29 is 36.9 Å². The second-order valence-corrected chi connectivity index (χ2v) is 9.54. The first-order valence-corrected chi connectivity index (χ1v) is 13.0. The van der Waals surface area contributed by atoms with E-state index in [-0.39, 0.29) is 16.7 Å². The van der Waals surface area contributed by atoms with Gasteiger partial charge < -0.3 is 29.2 Å². The van der Waals surface area contributed by atoms with Gasteiger partial charge in [-0.1, -0.05) is 17.7 Å². The maximum atomic E-state index is 14.1. The Morgan fingerprint density at radius 1 is 0.974 bits per heavy atom. The molecule has 39 heavy (non-hydrogen) atoms. The first kappa shape index (κ1) is 28.3. The van der Waals surface area contributed by atoms with Crippen molar-refractivity contribution in [1.82, 2.24) is 4.98 Å². The van der Waals surface area contributed by atoms with Crippen molar-refractivity contribution in [2.45, 2.75) is 17.3 Å². The van der Waals surface area contributed by atoms with Crippen molar-refractivity contribution in [3.05, 3.63) is 70.9 Å². The molecule has 7 nitrogen and oxygen atoms in total. The molecule has 0 bridgehead atoms. The molecular formula is C27H24ClF3N2O5S. The van der Waals surface area contributed by atoms with E-state index in [2.05, 4.69) is 15.0 Å². The summed E-state index contributed by atoms with van der Waals surface area (Å²) in [4.78, 5) is 18.0. The van der Waals surface area contributed by atoms with Gasteiger partial charge in [-0.3, -0.25) is 4.79 Å². The number of anilines is 1. The number of hydrogen-bond donors (Lipinski definition) is 2. The van der Waals surface area contributed by atoms with Gasteiger partial charge in [0.25, 0.3) is 0 Å². The molecule has 4 aromatic rings. The highest BCUT2D eigenvalue weighted by Gasteiger charge is 2.34. The number of ether oxygens (including phenoxy) is 4. The topological polar surface area (TPSA) is 81.8 Å². The number of alkyl halides is 3. The van der Waals surface area contributed by atoms with E-state index in [4.69, 9.17) is 25.8 Å². The van der Waals surface area contributed by atoms with Gasteiger partial charge in [0.1, 0.15) is 17.5 Å². The van der Waals surface area contributed by atoms with Crippen molar-refractivity contribution in [1.29, 1.82) is 0 Å². The smallest absolute Gasteiger partial charge is 0.497 e. The van der Waals surface area contributed by atoms with Crippen molar-refractivity contribution in [2.24, 2.45) is 0 Å². The van der Waals surface area contributed by atoms with Crippen molar-refractivity contribution in [3.63, 3.8) is 0 Å². The number of fused-ring (bicyclic) bond motifs is 1. The van der Waals surface area contributed by atoms with E-state index < -0.39 is 23.9 Å². The van der Waals surface area contributed by atoms with E-state index in [1.165, 1.54) is 45.4 Å². The number of hydrogen-bond acceptors (Lipinski definition) is 7. The van der Waals surface area contributed by atoms with E-state index in [1.54, 1.807) is 24.3 Å². The second kappa shape index (κ2) is 11.6. The van der Waals surface area contributed by atoms with Crippen LogP contribution < -0.4 is 24.3 Å². The van der Waals surface area contributed by atoms with E-state index in [0.29, 0.717) is 33.3 Å². The molecule has 0 aliphatic carbocycles. The van der Waals surface area contributed by atoms with Crippen LogP contribution in [0.5, 0.6) is 23.0 Å². The minimum atomic E-state index is -4.95. The number of methoxy groups -OCH3 is 3. The zero-order valence-electron chi connectivity index (χ0n) is 21.2. The monoisotopic (exact) mass is 580 g/mol. The summed E-state index contributed by atoms with van der Waals surface area (Å²) in [6.45, 7) is 0. The number of aromatic nitrogens is 1. The van der Waals surface area contributed by atoms with E-state index >= 15 is 0 Å². The summed E-state index contributed by atoms with van der Waals surface area (Å²) < 4.78 is 59.4. The average molecular weight is 581 g/mol. The van der Waals surface area contributed by atoms with E-state index in [0.717, 1.165) is 11.0 Å². The number of carbonyl (C=O) groups is 1. The fourth-order valence-electron chi connectivity index (χ4n) is 4.12. The van der Waals surface area contributed by atoms with Gasteiger partial charge in [0.15, 0.2) is 17.3 Å². The number of carbonyl (C=O) groups excluding carboxylic acids is 1. The Labute approximate surface area is 231 Å². The summed E-state index contributed by atoms with van der Waals surface area (Å²) in [5, 5.41) is 3.87. The van der Waals surface area contributed by atoms with Crippen LogP contribution in [0.1, 0.15) is 22.0 Å². The lowest BCUT2D eigenvalue weighted by Gasteiger charge is -2.22. The van der Waals surface area contributed by atoms with Crippen LogP contribution in [0.15, 0.2) is 59.6 Å². The highest BCUT2D eigenvalue weighted by Crippen LogP contribution is 2.40. The Kier molecular flexibility index (Phi) is 8.41. The number of ketones is 1. The minimum Gasteiger partial charge on any atom is -0.497 e. The van der Waals surface area contributed by atoms with Crippen LogP contribution in [0.2, 0.25) is 5.02 Å². The largest absolute Gasteiger partial charge is 0.573 e. The van der Waals surface area contributed by atoms with E-state index in [1.807, 2.05) is 18.4 Å². The predicted octanol–water partition coefficient (Wildman–Crippen LogP) is 7.50. The summed E-state index contributed by atoms with van der Waals surface area (Å²) in [7, 11) is 4.21. The third-order valence-electron chi connectivity index (χ3n) is 5.89. The molecule has 0 aliphatic heterocycles. The molecule has 12 heteroatoms. The second-order valence-electron chi connectivity index (χ2n) is 8.23. The van der Waals surface area contributed by atoms with Crippen LogP contribution in [-0.2, 0) is 0 Å². The lowest BCUT2D eigenvalue weighted by Crippen LogP contribution is -2.22. The number of halogens is 4. The maximum absolute atomic E-state index is 14.1. The number of nitrogens with one attached hydrogen (secondary N) is 2. The number of thioether (sulfide) groups is 1. The molecule has 0 radical (unpaired) electrons. The van der Waals surface area contributed by atoms with Gasteiger partial charge in [-0.25, -0.2) is 0 Å².